The van der Waals surface area contributed by atoms with Crippen LogP contribution in [-0.2, 0) is 4.74 Å². The van der Waals surface area contributed by atoms with Crippen LogP contribution in [0.15, 0.2) is 18.2 Å². The van der Waals surface area contributed by atoms with E-state index >= 15 is 0 Å². The van der Waals surface area contributed by atoms with Gasteiger partial charge in [0.25, 0.3) is 0 Å². The summed E-state index contributed by atoms with van der Waals surface area (Å²) in [5, 5.41) is 3.31. The van der Waals surface area contributed by atoms with E-state index in [1.807, 2.05) is 32.0 Å². The van der Waals surface area contributed by atoms with Crippen LogP contribution in [0.4, 0.5) is 11.4 Å². The van der Waals surface area contributed by atoms with Gasteiger partial charge in [-0.3, -0.25) is 0 Å². The van der Waals surface area contributed by atoms with Gasteiger partial charge in [0.2, 0.25) is 0 Å². The van der Waals surface area contributed by atoms with Crippen molar-refractivity contribution < 1.29 is 9.47 Å². The van der Waals surface area contributed by atoms with E-state index < -0.39 is 0 Å². The van der Waals surface area contributed by atoms with Crippen LogP contribution < -0.4 is 15.8 Å². The molecule has 0 fully saturated rings. The van der Waals surface area contributed by atoms with Crippen molar-refractivity contribution in [3.05, 3.63) is 18.2 Å². The van der Waals surface area contributed by atoms with Crippen LogP contribution in [0.25, 0.3) is 0 Å². The van der Waals surface area contributed by atoms with E-state index in [9.17, 15) is 0 Å². The van der Waals surface area contributed by atoms with Crippen molar-refractivity contribution in [2.45, 2.75) is 32.8 Å². The molecule has 0 aliphatic rings. The van der Waals surface area contributed by atoms with Gasteiger partial charge in [-0.05, 0) is 26.3 Å². The number of methoxy groups -OCH3 is 1. The maximum atomic E-state index is 5.85. The molecule has 0 aromatic heterocycles. The minimum absolute atomic E-state index is 0.213. The summed E-state index contributed by atoms with van der Waals surface area (Å²) in [6, 6.07) is 5.69. The molecule has 0 atom stereocenters. The molecule has 0 aliphatic carbocycles. The summed E-state index contributed by atoms with van der Waals surface area (Å²) in [6.07, 6.45) is 0.980. The van der Waals surface area contributed by atoms with Gasteiger partial charge in [-0.15, -0.1) is 0 Å². The first-order valence-electron chi connectivity index (χ1n) is 6.29. The molecule has 4 heteroatoms. The summed E-state index contributed by atoms with van der Waals surface area (Å²) in [6.45, 7) is 7.54. The standard InChI is InChI=1S/C14H24N2O2/c1-5-6-18-13-8-11(15)7-12(9-13)16-10-14(2,3)17-4/h7-9,16H,5-6,10,15H2,1-4H3. The zero-order chi connectivity index (χ0) is 13.6. The number of nitrogens with one attached hydrogen (secondary N) is 1. The number of ether oxygens (including phenoxy) is 2. The number of hydrogen-bond donors (Lipinski definition) is 2. The predicted molar refractivity (Wildman–Crippen MR) is 76.2 cm³/mol. The minimum Gasteiger partial charge on any atom is -0.493 e. The zero-order valence-electron chi connectivity index (χ0n) is 11.7. The Kier molecular flexibility index (Phi) is 5.28. The molecular formula is C14H24N2O2. The Hall–Kier alpha value is -1.42. The largest absolute Gasteiger partial charge is 0.493 e. The normalized spacial score (nSPS) is 11.3. The van der Waals surface area contributed by atoms with E-state index in [4.69, 9.17) is 15.2 Å². The minimum atomic E-state index is -0.213. The molecule has 102 valence electrons. The van der Waals surface area contributed by atoms with E-state index in [0.29, 0.717) is 18.8 Å². The molecule has 0 unspecified atom stereocenters. The topological polar surface area (TPSA) is 56.5 Å². The summed E-state index contributed by atoms with van der Waals surface area (Å²) >= 11 is 0. The van der Waals surface area contributed by atoms with Gasteiger partial charge >= 0.3 is 0 Å². The Balaban J connectivity index is 2.68. The summed E-state index contributed by atoms with van der Waals surface area (Å²) in [5.41, 5.74) is 7.28. The van der Waals surface area contributed by atoms with Gasteiger partial charge in [0.15, 0.2) is 0 Å². The molecule has 0 saturated heterocycles. The molecule has 0 saturated carbocycles. The zero-order valence-corrected chi connectivity index (χ0v) is 11.7. The van der Waals surface area contributed by atoms with Gasteiger partial charge in [0.1, 0.15) is 5.75 Å². The molecule has 18 heavy (non-hydrogen) atoms. The lowest BCUT2D eigenvalue weighted by Crippen LogP contribution is -2.32. The van der Waals surface area contributed by atoms with Gasteiger partial charge < -0.3 is 20.5 Å². The van der Waals surface area contributed by atoms with Crippen LogP contribution in [0.5, 0.6) is 5.75 Å². The second-order valence-corrected chi connectivity index (χ2v) is 4.96. The molecule has 0 amide bonds. The predicted octanol–water partition coefficient (Wildman–Crippen LogP) is 2.89. The van der Waals surface area contributed by atoms with E-state index in [0.717, 1.165) is 17.9 Å². The Morgan fingerprint density at radius 1 is 1.28 bits per heavy atom. The number of anilines is 2. The maximum Gasteiger partial charge on any atom is 0.123 e. The Morgan fingerprint density at radius 3 is 2.61 bits per heavy atom. The molecule has 0 heterocycles. The SMILES string of the molecule is CCCOc1cc(N)cc(NCC(C)(C)OC)c1. The molecule has 1 aromatic carbocycles. The summed E-state index contributed by atoms with van der Waals surface area (Å²) in [5.74, 6) is 0.801. The van der Waals surface area contributed by atoms with Gasteiger partial charge in [-0.25, -0.2) is 0 Å². The molecule has 0 radical (unpaired) electrons. The number of rotatable bonds is 7. The third-order valence-electron chi connectivity index (χ3n) is 2.67. The lowest BCUT2D eigenvalue weighted by atomic mass is 10.1. The first kappa shape index (κ1) is 14.6. The van der Waals surface area contributed by atoms with Crippen LogP contribution in [0, 0.1) is 0 Å². The highest BCUT2D eigenvalue weighted by Crippen LogP contribution is 2.23. The Bertz CT molecular complexity index is 378. The smallest absolute Gasteiger partial charge is 0.123 e. The van der Waals surface area contributed by atoms with Crippen LogP contribution in [-0.4, -0.2) is 25.9 Å². The van der Waals surface area contributed by atoms with Gasteiger partial charge in [-0.2, -0.15) is 0 Å². The van der Waals surface area contributed by atoms with Crippen molar-refractivity contribution in [1.29, 1.82) is 0 Å². The summed E-state index contributed by atoms with van der Waals surface area (Å²) in [4.78, 5) is 0. The highest BCUT2D eigenvalue weighted by Gasteiger charge is 2.15. The molecule has 1 aromatic rings. The van der Waals surface area contributed by atoms with Crippen molar-refractivity contribution in [3.8, 4) is 5.75 Å². The number of benzene rings is 1. The van der Waals surface area contributed by atoms with Crippen molar-refractivity contribution in [2.75, 3.05) is 31.3 Å². The van der Waals surface area contributed by atoms with Crippen molar-refractivity contribution in [3.63, 3.8) is 0 Å². The van der Waals surface area contributed by atoms with E-state index in [-0.39, 0.29) is 5.60 Å². The van der Waals surface area contributed by atoms with Crippen molar-refractivity contribution >= 4 is 11.4 Å². The molecule has 0 bridgehead atoms. The van der Waals surface area contributed by atoms with Gasteiger partial charge in [-0.1, -0.05) is 6.92 Å². The van der Waals surface area contributed by atoms with Crippen LogP contribution in [0.3, 0.4) is 0 Å². The highest BCUT2D eigenvalue weighted by molar-refractivity contribution is 5.59. The monoisotopic (exact) mass is 252 g/mol. The Morgan fingerprint density at radius 2 is 2.00 bits per heavy atom. The second-order valence-electron chi connectivity index (χ2n) is 4.96. The fourth-order valence-corrected chi connectivity index (χ4v) is 1.41. The quantitative estimate of drug-likeness (QED) is 0.733. The maximum absolute atomic E-state index is 5.85. The van der Waals surface area contributed by atoms with E-state index in [2.05, 4.69) is 12.2 Å². The fourth-order valence-electron chi connectivity index (χ4n) is 1.41. The molecule has 3 N–H and O–H groups in total. The lowest BCUT2D eigenvalue weighted by molar-refractivity contribution is 0.0344. The van der Waals surface area contributed by atoms with E-state index in [1.165, 1.54) is 0 Å². The van der Waals surface area contributed by atoms with Gasteiger partial charge in [0, 0.05) is 37.2 Å². The average Bonchev–Trinajstić information content (AvgIpc) is 2.33. The first-order valence-corrected chi connectivity index (χ1v) is 6.29. The van der Waals surface area contributed by atoms with E-state index in [1.54, 1.807) is 7.11 Å². The van der Waals surface area contributed by atoms with Crippen LogP contribution in [0.1, 0.15) is 27.2 Å². The lowest BCUT2D eigenvalue weighted by Gasteiger charge is -2.24. The number of hydrogen-bond acceptors (Lipinski definition) is 4. The Labute approximate surface area is 109 Å². The van der Waals surface area contributed by atoms with Crippen LogP contribution >= 0.6 is 0 Å². The van der Waals surface area contributed by atoms with Gasteiger partial charge in [0.05, 0.1) is 12.2 Å². The average molecular weight is 252 g/mol. The highest BCUT2D eigenvalue weighted by atomic mass is 16.5. The third kappa shape index (κ3) is 4.84. The first-order chi connectivity index (χ1) is 8.46. The molecule has 1 rings (SSSR count). The number of nitrogens with two attached hydrogens (primary N) is 1. The van der Waals surface area contributed by atoms with Crippen molar-refractivity contribution in [1.82, 2.24) is 0 Å². The molecular weight excluding hydrogens is 228 g/mol. The number of nitrogen functional groups attached to an aromatic ring is 1. The fraction of sp³-hybridized carbons (Fsp3) is 0.571. The van der Waals surface area contributed by atoms with Crippen LogP contribution in [0.2, 0.25) is 0 Å². The summed E-state index contributed by atoms with van der Waals surface area (Å²) in [7, 11) is 1.71. The summed E-state index contributed by atoms with van der Waals surface area (Å²) < 4.78 is 10.9. The molecule has 0 spiro atoms. The second kappa shape index (κ2) is 6.50. The molecule has 4 nitrogen and oxygen atoms in total. The molecule has 0 aliphatic heterocycles. The van der Waals surface area contributed by atoms with Crippen molar-refractivity contribution in [2.24, 2.45) is 0 Å². The third-order valence-corrected chi connectivity index (χ3v) is 2.67.